The Morgan fingerprint density at radius 3 is 2.04 bits per heavy atom. The number of nitrogens with one attached hydrogen (secondary N) is 2. The molecule has 0 aromatic carbocycles. The van der Waals surface area contributed by atoms with E-state index in [-0.39, 0.29) is 71.0 Å². The van der Waals surface area contributed by atoms with E-state index in [4.69, 9.17) is 9.47 Å². The molecule has 0 aromatic heterocycles. The molecule has 2 spiro atoms. The Hall–Kier alpha value is -3.44. The van der Waals surface area contributed by atoms with E-state index in [9.17, 15) is 19.2 Å². The zero-order valence-electron chi connectivity index (χ0n) is 28.6. The predicted molar refractivity (Wildman–Crippen MR) is 176 cm³/mol. The number of carbonyl (C=O) groups is 4. The van der Waals surface area contributed by atoms with Gasteiger partial charge in [0.05, 0.1) is 31.7 Å². The average molecular weight is 665 g/mol. The number of likely N-dealkylation sites (tertiary alicyclic amines) is 2. The van der Waals surface area contributed by atoms with Crippen LogP contribution in [0.15, 0.2) is 23.5 Å². The van der Waals surface area contributed by atoms with Crippen LogP contribution < -0.4 is 10.6 Å². The number of fused-ring (bicyclic) bond motifs is 4. The van der Waals surface area contributed by atoms with E-state index in [2.05, 4.69) is 32.6 Å². The minimum absolute atomic E-state index is 0.0818. The van der Waals surface area contributed by atoms with Crippen molar-refractivity contribution in [1.82, 2.24) is 30.2 Å². The number of amides is 4. The Bertz CT molecular complexity index is 1410. The van der Waals surface area contributed by atoms with Crippen LogP contribution in [0.4, 0.5) is 9.59 Å². The SMILES string of the molecule is CCOC(=O)N1C2C=C(N3CCC4(CC3)CNC(=O)C4C3NC(=O)CC34CCCN(C3=CC5CCC(C3)N5C(=O)OC)CC4)CC1CC2. The molecule has 8 heterocycles. The monoisotopic (exact) mass is 664 g/mol. The lowest BCUT2D eigenvalue weighted by molar-refractivity contribution is -0.127. The Morgan fingerprint density at radius 1 is 0.833 bits per heavy atom. The van der Waals surface area contributed by atoms with Crippen molar-refractivity contribution in [2.45, 2.75) is 114 Å². The maximum Gasteiger partial charge on any atom is 0.410 e. The minimum Gasteiger partial charge on any atom is -0.453 e. The number of methoxy groups -OCH3 is 1. The lowest BCUT2D eigenvalue weighted by atomic mass is 9.60. The fourth-order valence-electron chi connectivity index (χ4n) is 11.2. The van der Waals surface area contributed by atoms with E-state index in [1.54, 1.807) is 0 Å². The van der Waals surface area contributed by atoms with Crippen molar-refractivity contribution < 1.29 is 28.7 Å². The first-order valence-corrected chi connectivity index (χ1v) is 18.5. The van der Waals surface area contributed by atoms with E-state index in [1.165, 1.54) is 18.5 Å². The van der Waals surface area contributed by atoms with Crippen molar-refractivity contribution in [3.63, 3.8) is 0 Å². The molecule has 12 nitrogen and oxygen atoms in total. The summed E-state index contributed by atoms with van der Waals surface area (Å²) in [4.78, 5) is 60.9. The van der Waals surface area contributed by atoms with E-state index < -0.39 is 0 Å². The van der Waals surface area contributed by atoms with Crippen molar-refractivity contribution in [1.29, 1.82) is 0 Å². The van der Waals surface area contributed by atoms with Gasteiger partial charge < -0.3 is 29.9 Å². The van der Waals surface area contributed by atoms with Crippen LogP contribution in [0.5, 0.6) is 0 Å². The van der Waals surface area contributed by atoms with Gasteiger partial charge >= 0.3 is 12.2 Å². The third-order valence-electron chi connectivity index (χ3n) is 13.5. The highest BCUT2D eigenvalue weighted by Crippen LogP contribution is 2.54. The van der Waals surface area contributed by atoms with Crippen LogP contribution in [0.2, 0.25) is 0 Å². The Labute approximate surface area is 283 Å². The molecule has 2 N–H and O–H groups in total. The molecule has 8 rings (SSSR count). The molecular formula is C36H52N6O6. The molecule has 48 heavy (non-hydrogen) atoms. The summed E-state index contributed by atoms with van der Waals surface area (Å²) in [6.45, 7) is 6.50. The van der Waals surface area contributed by atoms with Crippen LogP contribution in [0.3, 0.4) is 0 Å². The van der Waals surface area contributed by atoms with Gasteiger partial charge in [0.25, 0.3) is 0 Å². The quantitative estimate of drug-likeness (QED) is 0.470. The van der Waals surface area contributed by atoms with E-state index in [1.807, 2.05) is 16.7 Å². The summed E-state index contributed by atoms with van der Waals surface area (Å²) in [6, 6.07) is 0.419. The molecule has 0 saturated carbocycles. The minimum atomic E-state index is -0.240. The van der Waals surface area contributed by atoms with Crippen LogP contribution in [0.1, 0.15) is 84.0 Å². The number of carbonyl (C=O) groups excluding carboxylic acids is 4. The van der Waals surface area contributed by atoms with Gasteiger partial charge in [-0.15, -0.1) is 0 Å². The third-order valence-corrected chi connectivity index (χ3v) is 13.5. The average Bonchev–Trinajstić information content (AvgIpc) is 3.68. The molecule has 262 valence electrons. The summed E-state index contributed by atoms with van der Waals surface area (Å²) in [5.41, 5.74) is 2.24. The first kappa shape index (κ1) is 31.8. The maximum absolute atomic E-state index is 13.8. The van der Waals surface area contributed by atoms with E-state index in [0.29, 0.717) is 19.6 Å². The summed E-state index contributed by atoms with van der Waals surface area (Å²) in [6.07, 6.45) is 14.9. The highest BCUT2D eigenvalue weighted by atomic mass is 16.6. The molecule has 8 aliphatic rings. The molecule has 4 amide bonds. The maximum atomic E-state index is 13.8. The second-order valence-corrected chi connectivity index (χ2v) is 15.8. The zero-order valence-corrected chi connectivity index (χ0v) is 28.6. The van der Waals surface area contributed by atoms with Crippen molar-refractivity contribution in [3.8, 4) is 0 Å². The lowest BCUT2D eigenvalue weighted by Gasteiger charge is -2.48. The molecule has 0 aromatic rings. The highest BCUT2D eigenvalue weighted by molar-refractivity contribution is 5.87. The van der Waals surface area contributed by atoms with Crippen LogP contribution in [0, 0.1) is 16.7 Å². The standard InChI is InChI=1S/C36H52N6O6/c1-3-48-34(46)42-25-7-8-26(42)20-28(19-25)40-15-11-36(12-16-40)22-37-32(44)30(36)31-35(21-29(43)38-31)9-4-13-39(14-10-35)27-17-23-5-6-24(18-27)41(23)33(45)47-2/h17,19,23-26,30-31H,3-16,18,20-22H2,1-2H3,(H,37,44)(H,38,43). The van der Waals surface area contributed by atoms with Crippen LogP contribution in [-0.4, -0.2) is 120 Å². The van der Waals surface area contributed by atoms with Crippen molar-refractivity contribution >= 4 is 24.0 Å². The second-order valence-electron chi connectivity index (χ2n) is 15.8. The number of ether oxygens (including phenoxy) is 2. The highest BCUT2D eigenvalue weighted by Gasteiger charge is 2.61. The Kier molecular flexibility index (Phi) is 8.06. The van der Waals surface area contributed by atoms with E-state index >= 15 is 0 Å². The number of hydrogen-bond acceptors (Lipinski definition) is 8. The molecule has 7 atom stereocenters. The van der Waals surface area contributed by atoms with Crippen molar-refractivity contribution in [3.05, 3.63) is 23.5 Å². The molecule has 6 fully saturated rings. The van der Waals surface area contributed by atoms with Gasteiger partial charge in [0.15, 0.2) is 0 Å². The first-order chi connectivity index (χ1) is 23.2. The zero-order chi connectivity index (χ0) is 33.2. The van der Waals surface area contributed by atoms with Gasteiger partial charge in [-0.05, 0) is 76.9 Å². The molecule has 4 bridgehead atoms. The summed E-state index contributed by atoms with van der Waals surface area (Å²) in [5, 5.41) is 6.64. The fourth-order valence-corrected chi connectivity index (χ4v) is 11.2. The topological polar surface area (TPSA) is 124 Å². The number of rotatable bonds is 4. The Morgan fingerprint density at radius 2 is 1.44 bits per heavy atom. The van der Waals surface area contributed by atoms with Crippen molar-refractivity contribution in [2.75, 3.05) is 46.4 Å². The van der Waals surface area contributed by atoms with Gasteiger partial charge in [-0.1, -0.05) is 0 Å². The molecule has 0 radical (unpaired) electrons. The Balaban J connectivity index is 0.962. The summed E-state index contributed by atoms with van der Waals surface area (Å²) in [5.74, 6) is -0.0456. The predicted octanol–water partition coefficient (Wildman–Crippen LogP) is 3.34. The largest absolute Gasteiger partial charge is 0.453 e. The second kappa shape index (κ2) is 12.2. The molecule has 0 aliphatic carbocycles. The molecular weight excluding hydrogens is 612 g/mol. The summed E-state index contributed by atoms with van der Waals surface area (Å²) in [7, 11) is 1.46. The molecule has 6 saturated heterocycles. The number of nitrogens with zero attached hydrogens (tertiary/aromatic N) is 4. The number of piperidine rings is 1. The van der Waals surface area contributed by atoms with Gasteiger partial charge in [-0.3, -0.25) is 19.4 Å². The van der Waals surface area contributed by atoms with E-state index in [0.717, 1.165) is 96.8 Å². The summed E-state index contributed by atoms with van der Waals surface area (Å²) < 4.78 is 10.4. The fraction of sp³-hybridized carbons (Fsp3) is 0.778. The lowest BCUT2D eigenvalue weighted by Crippen LogP contribution is -2.54. The molecule has 8 aliphatic heterocycles. The van der Waals surface area contributed by atoms with Gasteiger partial charge in [0, 0.05) is 92.3 Å². The van der Waals surface area contributed by atoms with Crippen LogP contribution in [-0.2, 0) is 19.1 Å². The number of hydrogen-bond donors (Lipinski definition) is 2. The third kappa shape index (κ3) is 5.14. The summed E-state index contributed by atoms with van der Waals surface area (Å²) >= 11 is 0. The van der Waals surface area contributed by atoms with Gasteiger partial charge in [0.2, 0.25) is 11.8 Å². The van der Waals surface area contributed by atoms with Crippen LogP contribution >= 0.6 is 0 Å². The molecule has 7 unspecified atom stereocenters. The van der Waals surface area contributed by atoms with Crippen molar-refractivity contribution in [2.24, 2.45) is 16.7 Å². The normalized spacial score (nSPS) is 37.0. The first-order valence-electron chi connectivity index (χ1n) is 18.5. The van der Waals surface area contributed by atoms with Gasteiger partial charge in [0.1, 0.15) is 0 Å². The van der Waals surface area contributed by atoms with Gasteiger partial charge in [-0.2, -0.15) is 0 Å². The molecule has 12 heteroatoms. The van der Waals surface area contributed by atoms with Gasteiger partial charge in [-0.25, -0.2) is 9.59 Å². The van der Waals surface area contributed by atoms with Crippen LogP contribution in [0.25, 0.3) is 0 Å². The smallest absolute Gasteiger partial charge is 0.410 e.